The number of allylic oxidation sites excluding steroid dienone is 3. The first-order valence-corrected chi connectivity index (χ1v) is 5.48. The highest BCUT2D eigenvalue weighted by molar-refractivity contribution is 6.33. The van der Waals surface area contributed by atoms with Gasteiger partial charge in [0.25, 0.3) is 0 Å². The Balaban J connectivity index is 2.34. The molecule has 1 atom stereocenters. The monoisotopic (exact) mass is 261 g/mol. The van der Waals surface area contributed by atoms with Crippen LogP contribution in [0.5, 0.6) is 0 Å². The van der Waals surface area contributed by atoms with Gasteiger partial charge in [-0.25, -0.2) is 9.79 Å². The van der Waals surface area contributed by atoms with E-state index in [2.05, 4.69) is 14.5 Å². The van der Waals surface area contributed by atoms with E-state index < -0.39 is 17.9 Å². The summed E-state index contributed by atoms with van der Waals surface area (Å²) in [6.45, 7) is 0. The fourth-order valence-corrected chi connectivity index (χ4v) is 1.77. The second-order valence-electron chi connectivity index (χ2n) is 3.87. The molecule has 0 spiro atoms. The number of rotatable bonds is 2. The van der Waals surface area contributed by atoms with Crippen LogP contribution in [0, 0.1) is 5.92 Å². The van der Waals surface area contributed by atoms with Crippen molar-refractivity contribution >= 4 is 23.4 Å². The maximum Gasteiger partial charge on any atom is 0.356 e. The van der Waals surface area contributed by atoms with Crippen LogP contribution in [0.1, 0.15) is 0 Å². The molecular weight excluding hydrogens is 250 g/mol. The van der Waals surface area contributed by atoms with Gasteiger partial charge in [-0.05, 0) is 6.08 Å². The Morgan fingerprint density at radius 3 is 2.63 bits per heavy atom. The number of carbonyl (C=O) groups is 3. The molecule has 0 fully saturated rings. The highest BCUT2D eigenvalue weighted by Gasteiger charge is 2.28. The lowest BCUT2D eigenvalue weighted by molar-refractivity contribution is -0.142. The van der Waals surface area contributed by atoms with Gasteiger partial charge in [-0.3, -0.25) is 9.59 Å². The zero-order chi connectivity index (χ0) is 14.0. The summed E-state index contributed by atoms with van der Waals surface area (Å²) in [7, 11) is 2.49. The van der Waals surface area contributed by atoms with Crippen molar-refractivity contribution in [3.63, 3.8) is 0 Å². The van der Waals surface area contributed by atoms with Gasteiger partial charge in [-0.15, -0.1) is 0 Å². The average Bonchev–Trinajstić information content (AvgIpc) is 2.45. The third-order valence-corrected chi connectivity index (χ3v) is 2.73. The smallest absolute Gasteiger partial charge is 0.356 e. The summed E-state index contributed by atoms with van der Waals surface area (Å²) in [5.74, 6) is -2.14. The van der Waals surface area contributed by atoms with Gasteiger partial charge in [0.05, 0.1) is 25.8 Å². The summed E-state index contributed by atoms with van der Waals surface area (Å²) < 4.78 is 9.12. The number of aliphatic imine (C=N–C) groups is 1. The van der Waals surface area contributed by atoms with Crippen molar-refractivity contribution in [3.8, 4) is 0 Å². The molecule has 1 aliphatic heterocycles. The fourth-order valence-electron chi connectivity index (χ4n) is 1.77. The van der Waals surface area contributed by atoms with Crippen LogP contribution >= 0.6 is 0 Å². The van der Waals surface area contributed by atoms with Crippen LogP contribution in [0.2, 0.25) is 0 Å². The Kier molecular flexibility index (Phi) is 3.41. The standard InChI is InChI=1S/C13H11NO5/c1-18-12(16)7-3-4-9-8(5-7)11(15)6-10(14-9)13(17)19-2/h3-7H,1-2H3. The number of carbonyl (C=O) groups excluding carboxylic acids is 3. The SMILES string of the molecule is COC(=O)C1=CC(=O)C2=CC(C(=O)OC)C=CC2=N1. The van der Waals surface area contributed by atoms with Crippen LogP contribution in [-0.2, 0) is 23.9 Å². The van der Waals surface area contributed by atoms with Crippen LogP contribution in [-0.4, -0.2) is 37.7 Å². The first-order chi connectivity index (χ1) is 9.06. The number of hydrogen-bond acceptors (Lipinski definition) is 6. The summed E-state index contributed by atoms with van der Waals surface area (Å²) in [6.07, 6.45) is 5.64. The Labute approximate surface area is 109 Å². The number of methoxy groups -OCH3 is 2. The van der Waals surface area contributed by atoms with E-state index >= 15 is 0 Å². The highest BCUT2D eigenvalue weighted by Crippen LogP contribution is 2.22. The van der Waals surface area contributed by atoms with E-state index in [1.54, 1.807) is 6.08 Å². The molecule has 0 N–H and O–H groups in total. The van der Waals surface area contributed by atoms with Gasteiger partial charge in [0.1, 0.15) is 0 Å². The van der Waals surface area contributed by atoms with E-state index in [1.165, 1.54) is 26.4 Å². The number of ether oxygens (including phenoxy) is 2. The van der Waals surface area contributed by atoms with E-state index in [-0.39, 0.29) is 17.1 Å². The molecule has 0 aromatic heterocycles. The Morgan fingerprint density at radius 1 is 1.26 bits per heavy atom. The summed E-state index contributed by atoms with van der Waals surface area (Å²) in [5, 5.41) is 0. The lowest BCUT2D eigenvalue weighted by Crippen LogP contribution is -2.24. The van der Waals surface area contributed by atoms with E-state index in [0.717, 1.165) is 6.08 Å². The van der Waals surface area contributed by atoms with Crippen LogP contribution in [0.15, 0.2) is 40.6 Å². The maximum atomic E-state index is 11.9. The zero-order valence-electron chi connectivity index (χ0n) is 10.4. The van der Waals surface area contributed by atoms with Crippen molar-refractivity contribution in [2.45, 2.75) is 0 Å². The lowest BCUT2D eigenvalue weighted by atomic mass is 9.91. The number of hydrogen-bond donors (Lipinski definition) is 0. The van der Waals surface area contributed by atoms with Crippen molar-refractivity contribution in [2.75, 3.05) is 14.2 Å². The summed E-state index contributed by atoms with van der Waals surface area (Å²) in [5.41, 5.74) is 0.569. The van der Waals surface area contributed by atoms with Gasteiger partial charge in [0.2, 0.25) is 0 Å². The van der Waals surface area contributed by atoms with Gasteiger partial charge in [0.15, 0.2) is 11.5 Å². The molecule has 6 nitrogen and oxygen atoms in total. The number of fused-ring (bicyclic) bond motifs is 1. The third-order valence-electron chi connectivity index (χ3n) is 2.73. The molecule has 19 heavy (non-hydrogen) atoms. The molecule has 2 rings (SSSR count). The van der Waals surface area contributed by atoms with Gasteiger partial charge in [0, 0.05) is 11.6 Å². The van der Waals surface area contributed by atoms with Crippen LogP contribution in [0.3, 0.4) is 0 Å². The average molecular weight is 261 g/mol. The maximum absolute atomic E-state index is 11.9. The predicted molar refractivity (Wildman–Crippen MR) is 65.3 cm³/mol. The molecular formula is C13H11NO5. The normalized spacial score (nSPS) is 20.8. The number of ketones is 1. The van der Waals surface area contributed by atoms with Crippen molar-refractivity contribution < 1.29 is 23.9 Å². The van der Waals surface area contributed by atoms with Crippen molar-refractivity contribution in [1.29, 1.82) is 0 Å². The van der Waals surface area contributed by atoms with Crippen molar-refractivity contribution in [3.05, 3.63) is 35.6 Å². The van der Waals surface area contributed by atoms with Crippen LogP contribution < -0.4 is 0 Å². The quantitative estimate of drug-likeness (QED) is 0.670. The minimum absolute atomic E-state index is 0.0548. The molecule has 0 saturated heterocycles. The second-order valence-corrected chi connectivity index (χ2v) is 3.87. The summed E-state index contributed by atoms with van der Waals surface area (Å²) >= 11 is 0. The molecule has 0 bridgehead atoms. The number of nitrogens with zero attached hydrogens (tertiary/aromatic N) is 1. The summed E-state index contributed by atoms with van der Waals surface area (Å²) in [6, 6.07) is 0. The van der Waals surface area contributed by atoms with Gasteiger partial charge in [-0.2, -0.15) is 0 Å². The molecule has 0 radical (unpaired) electrons. The Morgan fingerprint density at radius 2 is 2.00 bits per heavy atom. The molecule has 98 valence electrons. The molecule has 0 saturated carbocycles. The molecule has 6 heteroatoms. The first-order valence-electron chi connectivity index (χ1n) is 5.48. The van der Waals surface area contributed by atoms with Crippen LogP contribution in [0.4, 0.5) is 0 Å². The van der Waals surface area contributed by atoms with Crippen molar-refractivity contribution in [1.82, 2.24) is 0 Å². The fraction of sp³-hybridized carbons (Fsp3) is 0.231. The van der Waals surface area contributed by atoms with Crippen molar-refractivity contribution in [2.24, 2.45) is 10.9 Å². The lowest BCUT2D eigenvalue weighted by Gasteiger charge is -2.17. The minimum Gasteiger partial charge on any atom is -0.468 e. The largest absolute Gasteiger partial charge is 0.468 e. The Hall–Kier alpha value is -2.50. The van der Waals surface area contributed by atoms with E-state index in [1.807, 2.05) is 0 Å². The number of esters is 2. The molecule has 0 aromatic rings. The van der Waals surface area contributed by atoms with Crippen LogP contribution in [0.25, 0.3) is 0 Å². The van der Waals surface area contributed by atoms with Gasteiger partial charge >= 0.3 is 11.9 Å². The second kappa shape index (κ2) is 5.01. The molecule has 1 heterocycles. The summed E-state index contributed by atoms with van der Waals surface area (Å²) in [4.78, 5) is 38.7. The van der Waals surface area contributed by atoms with E-state index in [9.17, 15) is 14.4 Å². The molecule has 0 amide bonds. The van der Waals surface area contributed by atoms with E-state index in [4.69, 9.17) is 0 Å². The van der Waals surface area contributed by atoms with Gasteiger partial charge < -0.3 is 9.47 Å². The van der Waals surface area contributed by atoms with E-state index in [0.29, 0.717) is 5.71 Å². The third kappa shape index (κ3) is 2.37. The highest BCUT2D eigenvalue weighted by atomic mass is 16.5. The minimum atomic E-state index is -0.677. The van der Waals surface area contributed by atoms with Gasteiger partial charge in [-0.1, -0.05) is 12.2 Å². The Bertz CT molecular complexity index is 580. The molecule has 1 unspecified atom stereocenters. The molecule has 0 aromatic carbocycles. The molecule has 1 aliphatic carbocycles. The first kappa shape index (κ1) is 12.9. The predicted octanol–water partition coefficient (Wildman–Crippen LogP) is 0.352. The zero-order valence-corrected chi connectivity index (χ0v) is 10.4. The molecule has 2 aliphatic rings. The topological polar surface area (TPSA) is 82.0 Å².